The highest BCUT2D eigenvalue weighted by molar-refractivity contribution is 5.91. The van der Waals surface area contributed by atoms with Crippen LogP contribution in [-0.4, -0.2) is 51.2 Å². The summed E-state index contributed by atoms with van der Waals surface area (Å²) in [7, 11) is 0. The molecule has 0 saturated carbocycles. The van der Waals surface area contributed by atoms with Gasteiger partial charge in [0.05, 0.1) is 11.2 Å². The molecule has 0 aliphatic carbocycles. The molecule has 29 heavy (non-hydrogen) atoms. The van der Waals surface area contributed by atoms with E-state index in [0.29, 0.717) is 5.82 Å². The maximum absolute atomic E-state index is 5.19. The van der Waals surface area contributed by atoms with Gasteiger partial charge in [0, 0.05) is 62.1 Å². The highest BCUT2D eigenvalue weighted by atomic mass is 16.5. The fraction of sp³-hybridized carbons (Fsp3) is 0.273. The number of aromatic nitrogens is 4. The lowest BCUT2D eigenvalue weighted by molar-refractivity contribution is 0.241. The molecule has 4 aromatic rings. The number of fused-ring (bicyclic) bond motifs is 1. The Morgan fingerprint density at radius 3 is 2.62 bits per heavy atom. The van der Waals surface area contributed by atoms with E-state index in [1.54, 1.807) is 6.20 Å². The highest BCUT2D eigenvalue weighted by Crippen LogP contribution is 2.28. The maximum atomic E-state index is 5.19. The molecule has 0 N–H and O–H groups in total. The van der Waals surface area contributed by atoms with Crippen LogP contribution in [-0.2, 0) is 6.54 Å². The Labute approximate surface area is 169 Å². The highest BCUT2D eigenvalue weighted by Gasteiger charge is 2.22. The summed E-state index contributed by atoms with van der Waals surface area (Å²) >= 11 is 0. The molecule has 0 radical (unpaired) electrons. The zero-order valence-electron chi connectivity index (χ0n) is 16.3. The molecule has 0 spiro atoms. The molecule has 0 amide bonds. The summed E-state index contributed by atoms with van der Waals surface area (Å²) in [5.41, 5.74) is 2.87. The number of hydrogen-bond donors (Lipinski definition) is 0. The summed E-state index contributed by atoms with van der Waals surface area (Å²) in [6.07, 6.45) is 3.58. The summed E-state index contributed by atoms with van der Waals surface area (Å²) in [6.45, 7) is 6.46. The smallest absolute Gasteiger partial charge is 0.163 e. The van der Waals surface area contributed by atoms with Crippen LogP contribution in [0.5, 0.6) is 0 Å². The number of pyridine rings is 1. The Balaban J connectivity index is 1.41. The number of nitrogens with zero attached hydrogens (tertiary/aromatic N) is 6. The van der Waals surface area contributed by atoms with Crippen molar-refractivity contribution in [3.8, 4) is 11.4 Å². The van der Waals surface area contributed by atoms with Crippen molar-refractivity contribution in [1.29, 1.82) is 0 Å². The van der Waals surface area contributed by atoms with Crippen molar-refractivity contribution >= 4 is 16.7 Å². The van der Waals surface area contributed by atoms with Crippen molar-refractivity contribution in [2.24, 2.45) is 0 Å². The number of rotatable bonds is 4. The van der Waals surface area contributed by atoms with Gasteiger partial charge in [-0.15, -0.1) is 0 Å². The van der Waals surface area contributed by atoms with Crippen molar-refractivity contribution in [1.82, 2.24) is 25.0 Å². The van der Waals surface area contributed by atoms with E-state index in [-0.39, 0.29) is 0 Å². The minimum atomic E-state index is 0.715. The minimum Gasteiger partial charge on any atom is -0.361 e. The van der Waals surface area contributed by atoms with Gasteiger partial charge in [0.25, 0.3) is 0 Å². The van der Waals surface area contributed by atoms with Crippen LogP contribution in [0.25, 0.3) is 22.3 Å². The fourth-order valence-electron chi connectivity index (χ4n) is 3.76. The fourth-order valence-corrected chi connectivity index (χ4v) is 3.76. The summed E-state index contributed by atoms with van der Waals surface area (Å²) in [6, 6.07) is 14.1. The molecule has 1 aromatic carbocycles. The molecule has 0 unspecified atom stereocenters. The van der Waals surface area contributed by atoms with Crippen LogP contribution in [0.3, 0.4) is 0 Å². The van der Waals surface area contributed by atoms with Crippen LogP contribution >= 0.6 is 0 Å². The van der Waals surface area contributed by atoms with Crippen LogP contribution in [0, 0.1) is 6.92 Å². The lowest BCUT2D eigenvalue weighted by Crippen LogP contribution is -2.46. The molecule has 1 fully saturated rings. The molecule has 1 aliphatic rings. The summed E-state index contributed by atoms with van der Waals surface area (Å²) < 4.78 is 5.19. The molecular formula is C22H22N6O. The molecule has 7 heteroatoms. The standard InChI is InChI=1S/C22H22N6O/c1-16-13-18(26-29-16)15-27-9-11-28(12-10-27)22-19-6-2-3-7-20(19)24-21(25-22)17-5-4-8-23-14-17/h2-8,13-14H,9-12,15H2,1H3. The molecule has 1 aliphatic heterocycles. The first-order chi connectivity index (χ1) is 14.3. The van der Waals surface area contributed by atoms with Crippen LogP contribution in [0.4, 0.5) is 5.82 Å². The van der Waals surface area contributed by atoms with E-state index in [4.69, 9.17) is 14.5 Å². The zero-order valence-corrected chi connectivity index (χ0v) is 16.3. The Hall–Kier alpha value is -3.32. The van der Waals surface area contributed by atoms with E-state index in [1.807, 2.05) is 49.5 Å². The molecule has 4 heterocycles. The summed E-state index contributed by atoms with van der Waals surface area (Å²) in [5.74, 6) is 2.56. The number of aryl methyl sites for hydroxylation is 1. The SMILES string of the molecule is Cc1cc(CN2CCN(c3nc(-c4cccnc4)nc4ccccc34)CC2)no1. The van der Waals surface area contributed by atoms with Crippen LogP contribution < -0.4 is 4.90 Å². The minimum absolute atomic E-state index is 0.715. The van der Waals surface area contributed by atoms with Gasteiger partial charge in [-0.3, -0.25) is 9.88 Å². The number of anilines is 1. The normalized spacial score (nSPS) is 15.1. The predicted octanol–water partition coefficient (Wildman–Crippen LogP) is 3.31. The number of hydrogen-bond acceptors (Lipinski definition) is 7. The topological polar surface area (TPSA) is 71.2 Å². The predicted molar refractivity (Wildman–Crippen MR) is 111 cm³/mol. The van der Waals surface area contributed by atoms with Crippen molar-refractivity contribution in [3.05, 3.63) is 66.3 Å². The van der Waals surface area contributed by atoms with E-state index in [0.717, 1.165) is 66.5 Å². The molecule has 0 bridgehead atoms. The second kappa shape index (κ2) is 7.60. The Kier molecular flexibility index (Phi) is 4.65. The van der Waals surface area contributed by atoms with E-state index < -0.39 is 0 Å². The van der Waals surface area contributed by atoms with Gasteiger partial charge in [-0.25, -0.2) is 9.97 Å². The third-order valence-corrected chi connectivity index (χ3v) is 5.24. The molecule has 146 valence electrons. The van der Waals surface area contributed by atoms with Gasteiger partial charge in [0.2, 0.25) is 0 Å². The van der Waals surface area contributed by atoms with E-state index in [9.17, 15) is 0 Å². The molecule has 5 rings (SSSR count). The number of benzene rings is 1. The third kappa shape index (κ3) is 3.69. The lowest BCUT2D eigenvalue weighted by atomic mass is 10.2. The van der Waals surface area contributed by atoms with Crippen molar-refractivity contribution in [3.63, 3.8) is 0 Å². The summed E-state index contributed by atoms with van der Waals surface area (Å²) in [4.78, 5) is 18.7. The Morgan fingerprint density at radius 2 is 1.86 bits per heavy atom. The number of piperazine rings is 1. The molecule has 3 aromatic heterocycles. The van der Waals surface area contributed by atoms with Gasteiger partial charge in [-0.2, -0.15) is 0 Å². The lowest BCUT2D eigenvalue weighted by Gasteiger charge is -2.35. The average molecular weight is 386 g/mol. The maximum Gasteiger partial charge on any atom is 0.163 e. The van der Waals surface area contributed by atoms with Crippen molar-refractivity contribution in [2.45, 2.75) is 13.5 Å². The summed E-state index contributed by atoms with van der Waals surface area (Å²) in [5, 5.41) is 5.20. The van der Waals surface area contributed by atoms with Gasteiger partial charge in [0.1, 0.15) is 11.6 Å². The second-order valence-electron chi connectivity index (χ2n) is 7.32. The molecular weight excluding hydrogens is 364 g/mol. The second-order valence-corrected chi connectivity index (χ2v) is 7.32. The quantitative estimate of drug-likeness (QED) is 0.533. The van der Waals surface area contributed by atoms with E-state index in [1.165, 1.54) is 0 Å². The van der Waals surface area contributed by atoms with Gasteiger partial charge < -0.3 is 9.42 Å². The molecule has 7 nitrogen and oxygen atoms in total. The van der Waals surface area contributed by atoms with Crippen molar-refractivity contribution < 1.29 is 4.52 Å². The van der Waals surface area contributed by atoms with E-state index in [2.05, 4.69) is 26.0 Å². The molecule has 1 saturated heterocycles. The van der Waals surface area contributed by atoms with Crippen molar-refractivity contribution in [2.75, 3.05) is 31.1 Å². The van der Waals surface area contributed by atoms with Crippen LogP contribution in [0.2, 0.25) is 0 Å². The first-order valence-electron chi connectivity index (χ1n) is 9.83. The van der Waals surface area contributed by atoms with Crippen LogP contribution in [0.15, 0.2) is 59.4 Å². The van der Waals surface area contributed by atoms with E-state index >= 15 is 0 Å². The first-order valence-corrected chi connectivity index (χ1v) is 9.83. The van der Waals surface area contributed by atoms with Gasteiger partial charge in [0.15, 0.2) is 5.82 Å². The number of para-hydroxylation sites is 1. The third-order valence-electron chi connectivity index (χ3n) is 5.24. The first kappa shape index (κ1) is 17.8. The zero-order chi connectivity index (χ0) is 19.6. The van der Waals surface area contributed by atoms with Gasteiger partial charge in [-0.05, 0) is 31.2 Å². The Morgan fingerprint density at radius 1 is 1.00 bits per heavy atom. The monoisotopic (exact) mass is 386 g/mol. The largest absolute Gasteiger partial charge is 0.361 e. The van der Waals surface area contributed by atoms with Gasteiger partial charge in [-0.1, -0.05) is 17.3 Å². The van der Waals surface area contributed by atoms with Gasteiger partial charge >= 0.3 is 0 Å². The Bertz CT molecular complexity index is 1120. The average Bonchev–Trinajstić information content (AvgIpc) is 3.18. The molecule has 0 atom stereocenters. The van der Waals surface area contributed by atoms with Crippen LogP contribution in [0.1, 0.15) is 11.5 Å².